The zero-order chi connectivity index (χ0) is 23.6. The van der Waals surface area contributed by atoms with Gasteiger partial charge < -0.3 is 14.8 Å². The van der Waals surface area contributed by atoms with Gasteiger partial charge in [0.15, 0.2) is 0 Å². The summed E-state index contributed by atoms with van der Waals surface area (Å²) in [6.07, 6.45) is 0.728. The number of carbonyl (C=O) groups excluding carboxylic acids is 1. The van der Waals surface area contributed by atoms with Gasteiger partial charge in [0.05, 0.1) is 19.1 Å². The summed E-state index contributed by atoms with van der Waals surface area (Å²) in [6, 6.07) is 26.0. The third-order valence-electron chi connectivity index (χ3n) is 5.93. The summed E-state index contributed by atoms with van der Waals surface area (Å²) in [4.78, 5) is 15.3. The van der Waals surface area contributed by atoms with Crippen LogP contribution in [0.15, 0.2) is 84.9 Å². The Labute approximate surface area is 200 Å². The first-order valence-electron chi connectivity index (χ1n) is 11.8. The van der Waals surface area contributed by atoms with Crippen molar-refractivity contribution in [1.82, 2.24) is 10.2 Å². The van der Waals surface area contributed by atoms with Crippen LogP contribution in [0.2, 0.25) is 0 Å². The maximum atomic E-state index is 13.5. The molecule has 2 atom stereocenters. The number of benzene rings is 3. The van der Waals surface area contributed by atoms with E-state index >= 15 is 0 Å². The Hall–Kier alpha value is -3.38. The number of hydrogen-bond acceptors (Lipinski definition) is 4. The number of piperidine rings is 1. The van der Waals surface area contributed by atoms with E-state index in [-0.39, 0.29) is 23.6 Å². The van der Waals surface area contributed by atoms with Gasteiger partial charge in [0.25, 0.3) is 0 Å². The molecule has 0 spiro atoms. The summed E-state index contributed by atoms with van der Waals surface area (Å²) in [6.45, 7) is 3.60. The second kappa shape index (κ2) is 12.2. The van der Waals surface area contributed by atoms with Crippen molar-refractivity contribution >= 4 is 5.91 Å². The molecule has 1 amide bonds. The highest BCUT2D eigenvalue weighted by Gasteiger charge is 2.32. The third-order valence-corrected chi connectivity index (χ3v) is 5.93. The minimum atomic E-state index is -0.318. The molecule has 6 heteroatoms. The first-order chi connectivity index (χ1) is 16.7. The van der Waals surface area contributed by atoms with Crippen LogP contribution in [0.4, 0.5) is 4.39 Å². The second-order valence-electron chi connectivity index (χ2n) is 8.70. The van der Waals surface area contributed by atoms with E-state index in [0.29, 0.717) is 32.1 Å². The third kappa shape index (κ3) is 7.32. The number of hydrogen-bond donors (Lipinski definition) is 1. The van der Waals surface area contributed by atoms with E-state index in [1.54, 1.807) is 12.1 Å². The second-order valence-corrected chi connectivity index (χ2v) is 8.70. The fourth-order valence-electron chi connectivity index (χ4n) is 4.36. The molecule has 1 N–H and O–H groups in total. The van der Waals surface area contributed by atoms with E-state index in [1.807, 2.05) is 48.5 Å². The van der Waals surface area contributed by atoms with E-state index in [9.17, 15) is 9.18 Å². The fraction of sp³-hybridized carbons (Fsp3) is 0.321. The van der Waals surface area contributed by atoms with Crippen molar-refractivity contribution in [2.24, 2.45) is 11.8 Å². The maximum Gasteiger partial charge on any atom is 0.224 e. The molecule has 1 fully saturated rings. The number of likely N-dealkylation sites (tertiary alicyclic amines) is 1. The molecule has 0 radical (unpaired) electrons. The van der Waals surface area contributed by atoms with Crippen LogP contribution in [0.1, 0.15) is 12.0 Å². The van der Waals surface area contributed by atoms with Gasteiger partial charge in [0.2, 0.25) is 5.91 Å². The van der Waals surface area contributed by atoms with Crippen molar-refractivity contribution in [3.63, 3.8) is 0 Å². The molecule has 5 nitrogen and oxygen atoms in total. The van der Waals surface area contributed by atoms with Crippen LogP contribution in [-0.4, -0.2) is 43.7 Å². The Bertz CT molecular complexity index is 1030. The van der Waals surface area contributed by atoms with Gasteiger partial charge in [0.1, 0.15) is 23.9 Å². The highest BCUT2D eigenvalue weighted by Crippen LogP contribution is 2.25. The Kier molecular flexibility index (Phi) is 8.52. The Morgan fingerprint density at radius 2 is 1.65 bits per heavy atom. The van der Waals surface area contributed by atoms with Gasteiger partial charge in [-0.05, 0) is 36.2 Å². The van der Waals surface area contributed by atoms with E-state index in [4.69, 9.17) is 9.47 Å². The molecule has 4 rings (SSSR count). The number of amides is 1. The molecule has 1 aliphatic heterocycles. The molecule has 34 heavy (non-hydrogen) atoms. The summed E-state index contributed by atoms with van der Waals surface area (Å²) in [5.41, 5.74) is 1.21. The van der Waals surface area contributed by atoms with Crippen molar-refractivity contribution < 1.29 is 18.7 Å². The van der Waals surface area contributed by atoms with Crippen LogP contribution in [-0.2, 0) is 11.3 Å². The molecule has 0 saturated carbocycles. The summed E-state index contributed by atoms with van der Waals surface area (Å²) in [5.74, 6) is 1.04. The topological polar surface area (TPSA) is 50.8 Å². The average molecular weight is 463 g/mol. The lowest BCUT2D eigenvalue weighted by atomic mass is 9.88. The standard InChI is InChI=1S/C28H31FN2O3/c29-25-10-7-13-27(17-25)34-21-23-16-24(20-31(19-23)18-22-8-3-1-4-9-22)28(32)30-14-15-33-26-11-5-2-6-12-26/h1-13,17,23-24H,14-16,18-21H2,(H,30,32)/t23-,24+/m0/s1. The molecule has 0 aliphatic carbocycles. The molecular formula is C28H31FN2O3. The van der Waals surface area contributed by atoms with E-state index in [2.05, 4.69) is 22.3 Å². The van der Waals surface area contributed by atoms with Gasteiger partial charge >= 0.3 is 0 Å². The van der Waals surface area contributed by atoms with Crippen LogP contribution in [0.5, 0.6) is 11.5 Å². The Balaban J connectivity index is 1.33. The number of nitrogens with zero attached hydrogens (tertiary/aromatic N) is 1. The van der Waals surface area contributed by atoms with Crippen LogP contribution in [0.25, 0.3) is 0 Å². The number of ether oxygens (including phenoxy) is 2. The van der Waals surface area contributed by atoms with Crippen LogP contribution < -0.4 is 14.8 Å². The maximum absolute atomic E-state index is 13.5. The summed E-state index contributed by atoms with van der Waals surface area (Å²) < 4.78 is 25.1. The zero-order valence-corrected chi connectivity index (χ0v) is 19.2. The summed E-state index contributed by atoms with van der Waals surface area (Å²) in [5, 5.41) is 3.03. The van der Waals surface area contributed by atoms with E-state index in [1.165, 1.54) is 17.7 Å². The predicted octanol–water partition coefficient (Wildman–Crippen LogP) is 4.54. The monoisotopic (exact) mass is 462 g/mol. The molecule has 3 aromatic carbocycles. The first kappa shape index (κ1) is 23.8. The largest absolute Gasteiger partial charge is 0.493 e. The number of nitrogens with one attached hydrogen (secondary N) is 1. The van der Waals surface area contributed by atoms with Crippen LogP contribution in [0, 0.1) is 17.7 Å². The smallest absolute Gasteiger partial charge is 0.224 e. The average Bonchev–Trinajstić information content (AvgIpc) is 2.86. The molecular weight excluding hydrogens is 431 g/mol. The normalized spacial score (nSPS) is 18.3. The molecule has 1 saturated heterocycles. The molecule has 1 aliphatic rings. The minimum Gasteiger partial charge on any atom is -0.493 e. The quantitative estimate of drug-likeness (QED) is 0.450. The number of carbonyl (C=O) groups is 1. The Morgan fingerprint density at radius 3 is 2.41 bits per heavy atom. The van der Waals surface area contributed by atoms with Crippen molar-refractivity contribution in [2.75, 3.05) is 32.8 Å². The molecule has 0 unspecified atom stereocenters. The molecule has 178 valence electrons. The lowest BCUT2D eigenvalue weighted by molar-refractivity contribution is -0.127. The van der Waals surface area contributed by atoms with Gasteiger partial charge in [-0.2, -0.15) is 0 Å². The van der Waals surface area contributed by atoms with Crippen molar-refractivity contribution in [2.45, 2.75) is 13.0 Å². The van der Waals surface area contributed by atoms with Crippen molar-refractivity contribution in [3.05, 3.63) is 96.3 Å². The van der Waals surface area contributed by atoms with Crippen LogP contribution in [0.3, 0.4) is 0 Å². The van der Waals surface area contributed by atoms with Gasteiger partial charge in [-0.1, -0.05) is 54.6 Å². The lowest BCUT2D eigenvalue weighted by Crippen LogP contribution is -2.47. The van der Waals surface area contributed by atoms with Gasteiger partial charge in [-0.3, -0.25) is 9.69 Å². The SMILES string of the molecule is O=C(NCCOc1ccccc1)[C@@H]1C[C@H](COc2cccc(F)c2)CN(Cc2ccccc2)C1. The highest BCUT2D eigenvalue weighted by molar-refractivity contribution is 5.79. The summed E-state index contributed by atoms with van der Waals surface area (Å²) >= 11 is 0. The number of halogens is 1. The van der Waals surface area contributed by atoms with E-state index in [0.717, 1.165) is 25.3 Å². The van der Waals surface area contributed by atoms with Gasteiger partial charge in [-0.15, -0.1) is 0 Å². The predicted molar refractivity (Wildman–Crippen MR) is 130 cm³/mol. The Morgan fingerprint density at radius 1 is 0.912 bits per heavy atom. The van der Waals surface area contributed by atoms with Gasteiger partial charge in [-0.25, -0.2) is 4.39 Å². The number of para-hydroxylation sites is 1. The van der Waals surface area contributed by atoms with E-state index < -0.39 is 0 Å². The first-order valence-corrected chi connectivity index (χ1v) is 11.8. The highest BCUT2D eigenvalue weighted by atomic mass is 19.1. The van der Waals surface area contributed by atoms with Crippen molar-refractivity contribution in [3.8, 4) is 11.5 Å². The van der Waals surface area contributed by atoms with Crippen molar-refractivity contribution in [1.29, 1.82) is 0 Å². The fourth-order valence-corrected chi connectivity index (χ4v) is 4.36. The number of rotatable bonds is 10. The van der Waals surface area contributed by atoms with Crippen LogP contribution >= 0.6 is 0 Å². The molecule has 0 aromatic heterocycles. The molecule has 0 bridgehead atoms. The lowest BCUT2D eigenvalue weighted by Gasteiger charge is -2.37. The molecule has 1 heterocycles. The molecule has 3 aromatic rings. The van der Waals surface area contributed by atoms with Gasteiger partial charge in [0, 0.05) is 31.6 Å². The zero-order valence-electron chi connectivity index (χ0n) is 19.2. The minimum absolute atomic E-state index is 0.0326. The summed E-state index contributed by atoms with van der Waals surface area (Å²) in [7, 11) is 0.